The van der Waals surface area contributed by atoms with Crippen molar-refractivity contribution in [1.82, 2.24) is 14.3 Å². The first-order valence-corrected chi connectivity index (χ1v) is 13.0. The molecule has 1 aliphatic rings. The predicted molar refractivity (Wildman–Crippen MR) is 134 cm³/mol. The summed E-state index contributed by atoms with van der Waals surface area (Å²) < 4.78 is 49.2. The Kier molecular flexibility index (Phi) is 9.67. The third kappa shape index (κ3) is 8.21. The van der Waals surface area contributed by atoms with Gasteiger partial charge in [0.2, 0.25) is 0 Å². The summed E-state index contributed by atoms with van der Waals surface area (Å²) in [4.78, 5) is 26.0. The van der Waals surface area contributed by atoms with Crippen LogP contribution in [0.5, 0.6) is 11.5 Å². The van der Waals surface area contributed by atoms with Crippen LogP contribution in [0.4, 0.5) is 9.59 Å². The zero-order valence-corrected chi connectivity index (χ0v) is 21.6. The van der Waals surface area contributed by atoms with Crippen LogP contribution in [0.3, 0.4) is 0 Å². The summed E-state index contributed by atoms with van der Waals surface area (Å²) in [5.41, 5.74) is 1.44. The number of methoxy groups -OCH3 is 2. The van der Waals surface area contributed by atoms with Crippen LogP contribution in [0.15, 0.2) is 48.5 Å². The number of nitrogens with one attached hydrogen (secondary N) is 2. The molecule has 0 aliphatic carbocycles. The Morgan fingerprint density at radius 2 is 1.47 bits per heavy atom. The average Bonchev–Trinajstić information content (AvgIpc) is 3.26. The highest BCUT2D eigenvalue weighted by atomic mass is 32.2. The van der Waals surface area contributed by atoms with Crippen molar-refractivity contribution in [3.63, 3.8) is 0 Å². The van der Waals surface area contributed by atoms with Gasteiger partial charge in [-0.1, -0.05) is 24.3 Å². The van der Waals surface area contributed by atoms with E-state index < -0.39 is 28.4 Å². The minimum absolute atomic E-state index is 0.0522. The van der Waals surface area contributed by atoms with E-state index >= 15 is 0 Å². The van der Waals surface area contributed by atoms with Gasteiger partial charge in [-0.05, 0) is 41.8 Å². The quantitative estimate of drug-likeness (QED) is 0.393. The second-order valence-corrected chi connectivity index (χ2v) is 10.2. The zero-order valence-electron chi connectivity index (χ0n) is 19.9. The average molecular weight is 540 g/mol. The normalized spacial score (nSPS) is 17.4. The van der Waals surface area contributed by atoms with E-state index in [2.05, 4.69) is 17.4 Å². The molecule has 2 aromatic carbocycles. The monoisotopic (exact) mass is 539 g/mol. The number of nitrogens with zero attached hydrogens (tertiary/aromatic N) is 1. The topological polar surface area (TPSA) is 132 Å². The van der Waals surface area contributed by atoms with E-state index in [1.807, 2.05) is 0 Å². The van der Waals surface area contributed by atoms with Crippen LogP contribution in [0.2, 0.25) is 0 Å². The Bertz CT molecular complexity index is 1130. The van der Waals surface area contributed by atoms with Crippen LogP contribution in [-0.4, -0.2) is 64.1 Å². The van der Waals surface area contributed by atoms with Gasteiger partial charge in [-0.2, -0.15) is 25.8 Å². The lowest BCUT2D eigenvalue weighted by molar-refractivity contribution is 0.0926. The number of thiol groups is 1. The minimum Gasteiger partial charge on any atom is -0.497 e. The van der Waals surface area contributed by atoms with Gasteiger partial charge in [0.25, 0.3) is 0 Å². The lowest BCUT2D eigenvalue weighted by Gasteiger charge is -2.24. The molecule has 1 heterocycles. The predicted octanol–water partition coefficient (Wildman–Crippen LogP) is 2.47. The van der Waals surface area contributed by atoms with E-state index in [4.69, 9.17) is 18.9 Å². The van der Waals surface area contributed by atoms with Gasteiger partial charge in [-0.25, -0.2) is 14.3 Å². The summed E-state index contributed by atoms with van der Waals surface area (Å²) in [6, 6.07) is 13.3. The molecule has 2 aromatic rings. The van der Waals surface area contributed by atoms with E-state index in [-0.39, 0.29) is 25.0 Å². The first-order chi connectivity index (χ1) is 17.2. The van der Waals surface area contributed by atoms with Crippen LogP contribution >= 0.6 is 12.6 Å². The van der Waals surface area contributed by atoms with Crippen molar-refractivity contribution >= 4 is 35.0 Å². The van der Waals surface area contributed by atoms with Crippen molar-refractivity contribution in [2.45, 2.75) is 30.9 Å². The van der Waals surface area contributed by atoms with Crippen LogP contribution < -0.4 is 18.9 Å². The molecule has 1 aliphatic heterocycles. The number of hydrogen-bond acceptors (Lipinski definition) is 9. The highest BCUT2D eigenvalue weighted by Gasteiger charge is 2.35. The Morgan fingerprint density at radius 1 is 0.944 bits per heavy atom. The second-order valence-electron chi connectivity index (χ2n) is 7.98. The maximum atomic E-state index is 12.6. The first kappa shape index (κ1) is 27.4. The highest BCUT2D eigenvalue weighted by molar-refractivity contribution is 7.88. The molecule has 2 N–H and O–H groups in total. The third-order valence-electron chi connectivity index (χ3n) is 5.40. The van der Waals surface area contributed by atoms with Gasteiger partial charge < -0.3 is 23.8 Å². The van der Waals surface area contributed by atoms with Gasteiger partial charge >= 0.3 is 22.4 Å². The molecule has 13 heteroatoms. The number of amides is 2. The van der Waals surface area contributed by atoms with Gasteiger partial charge in [-0.15, -0.1) is 0 Å². The van der Waals surface area contributed by atoms with Crippen LogP contribution in [-0.2, 0) is 32.9 Å². The van der Waals surface area contributed by atoms with E-state index in [9.17, 15) is 18.0 Å². The van der Waals surface area contributed by atoms with E-state index in [0.717, 1.165) is 5.56 Å². The molecule has 36 heavy (non-hydrogen) atoms. The summed E-state index contributed by atoms with van der Waals surface area (Å²) in [6.45, 7) is 0.101. The van der Waals surface area contributed by atoms with E-state index in [1.54, 1.807) is 60.4 Å². The summed E-state index contributed by atoms with van der Waals surface area (Å²) in [5, 5.41) is -0.143. The molecule has 196 valence electrons. The largest absolute Gasteiger partial charge is 0.497 e. The molecule has 0 radical (unpaired) electrons. The fourth-order valence-electron chi connectivity index (χ4n) is 3.51. The van der Waals surface area contributed by atoms with Crippen LogP contribution in [0, 0.1) is 0 Å². The lowest BCUT2D eigenvalue weighted by Crippen LogP contribution is -2.47. The number of carbonyl (C=O) groups excluding carboxylic acids is 2. The Morgan fingerprint density at radius 3 is 2.00 bits per heavy atom. The molecule has 11 nitrogen and oxygen atoms in total. The van der Waals surface area contributed by atoms with Gasteiger partial charge in [0.05, 0.1) is 14.2 Å². The SMILES string of the molecule is COc1ccc(COC(=O)NS(=O)(=O)NCC2CC(S)CN2C(=O)OCc2ccc(OC)cc2)cc1. The summed E-state index contributed by atoms with van der Waals surface area (Å²) >= 11 is 4.42. The minimum atomic E-state index is -4.22. The van der Waals surface area contributed by atoms with Crippen LogP contribution in [0.25, 0.3) is 0 Å². The van der Waals surface area contributed by atoms with Gasteiger partial charge in [0, 0.05) is 24.4 Å². The molecule has 0 aromatic heterocycles. The van der Waals surface area contributed by atoms with Crippen molar-refractivity contribution in [3.8, 4) is 11.5 Å². The summed E-state index contributed by atoms with van der Waals surface area (Å²) in [7, 11) is -1.13. The molecule has 0 bridgehead atoms. The molecule has 3 rings (SSSR count). The zero-order chi connectivity index (χ0) is 26.1. The van der Waals surface area contributed by atoms with Crippen molar-refractivity contribution in [3.05, 3.63) is 59.7 Å². The second kappa shape index (κ2) is 12.7. The number of hydrogen-bond donors (Lipinski definition) is 3. The maximum absolute atomic E-state index is 12.6. The van der Waals surface area contributed by atoms with E-state index in [0.29, 0.717) is 30.0 Å². The Hall–Kier alpha value is -3.16. The maximum Gasteiger partial charge on any atom is 0.422 e. The molecular weight excluding hydrogens is 510 g/mol. The standard InChI is InChI=1S/C23H29N3O8S2/c1-31-19-7-3-16(4-8-19)14-33-22(27)25-36(29,30)24-12-18-11-21(35)13-26(18)23(28)34-15-17-5-9-20(32-2)10-6-17/h3-10,18,21,24,35H,11-15H2,1-2H3,(H,25,27). The smallest absolute Gasteiger partial charge is 0.422 e. The molecule has 1 saturated heterocycles. The fraction of sp³-hybridized carbons (Fsp3) is 0.391. The molecule has 2 amide bonds. The first-order valence-electron chi connectivity index (χ1n) is 11.0. The Balaban J connectivity index is 1.46. The van der Waals surface area contributed by atoms with Crippen molar-refractivity contribution in [1.29, 1.82) is 0 Å². The van der Waals surface area contributed by atoms with Gasteiger partial charge in [-0.3, -0.25) is 0 Å². The highest BCUT2D eigenvalue weighted by Crippen LogP contribution is 2.23. The number of ether oxygens (including phenoxy) is 4. The molecule has 0 spiro atoms. The van der Waals surface area contributed by atoms with Crippen molar-refractivity contribution in [2.75, 3.05) is 27.3 Å². The van der Waals surface area contributed by atoms with Gasteiger partial charge in [0.15, 0.2) is 0 Å². The number of benzene rings is 2. The summed E-state index contributed by atoms with van der Waals surface area (Å²) in [5.74, 6) is 1.33. The van der Waals surface area contributed by atoms with E-state index in [1.165, 1.54) is 12.0 Å². The number of likely N-dealkylation sites (tertiary alicyclic amines) is 1. The third-order valence-corrected chi connectivity index (χ3v) is 6.76. The van der Waals surface area contributed by atoms with Crippen LogP contribution in [0.1, 0.15) is 17.5 Å². The molecule has 2 atom stereocenters. The lowest BCUT2D eigenvalue weighted by atomic mass is 10.2. The molecular formula is C23H29N3O8S2. The molecule has 2 unspecified atom stereocenters. The van der Waals surface area contributed by atoms with Crippen molar-refractivity contribution < 1.29 is 37.0 Å². The Labute approximate surface area is 215 Å². The number of carbonyl (C=O) groups is 2. The molecule has 0 saturated carbocycles. The number of rotatable bonds is 10. The van der Waals surface area contributed by atoms with Crippen molar-refractivity contribution in [2.24, 2.45) is 0 Å². The summed E-state index contributed by atoms with van der Waals surface area (Å²) in [6.07, 6.45) is -1.27. The van der Waals surface area contributed by atoms with Gasteiger partial charge in [0.1, 0.15) is 24.7 Å². The molecule has 1 fully saturated rings. The fourth-order valence-corrected chi connectivity index (χ4v) is 4.69.